The second kappa shape index (κ2) is 6.34. The number of hydrogen-bond donors (Lipinski definition) is 0. The third kappa shape index (κ3) is 3.67. The number of rotatable bonds is 4. The van der Waals surface area contributed by atoms with Crippen LogP contribution >= 0.6 is 15.9 Å². The number of ether oxygens (including phenoxy) is 2. The van der Waals surface area contributed by atoms with Crippen LogP contribution in [0.1, 0.15) is 12.0 Å². The van der Waals surface area contributed by atoms with Crippen LogP contribution < -0.4 is 4.74 Å². The summed E-state index contributed by atoms with van der Waals surface area (Å²) in [5, 5.41) is 10.9. The summed E-state index contributed by atoms with van der Waals surface area (Å²) in [6, 6.07) is 4.89. The lowest BCUT2D eigenvalue weighted by Gasteiger charge is -2.27. The van der Waals surface area contributed by atoms with Gasteiger partial charge in [0.1, 0.15) is 5.75 Å². The molecule has 104 valence electrons. The fourth-order valence-electron chi connectivity index (χ4n) is 2.24. The molecule has 0 radical (unpaired) electrons. The molecular formula is C13H16BrNO4. The van der Waals surface area contributed by atoms with Crippen LogP contribution in [0.2, 0.25) is 0 Å². The fraction of sp³-hybridized carbons (Fsp3) is 0.538. The Morgan fingerprint density at radius 2 is 2.32 bits per heavy atom. The number of halogens is 1. The lowest BCUT2D eigenvalue weighted by Crippen LogP contribution is -2.29. The van der Waals surface area contributed by atoms with Crippen LogP contribution in [-0.4, -0.2) is 30.1 Å². The van der Waals surface area contributed by atoms with Crippen LogP contribution in [0.25, 0.3) is 0 Å². The lowest BCUT2D eigenvalue weighted by molar-refractivity contribution is -0.385. The zero-order valence-electron chi connectivity index (χ0n) is 10.7. The van der Waals surface area contributed by atoms with Crippen molar-refractivity contribution in [1.82, 2.24) is 0 Å². The van der Waals surface area contributed by atoms with Gasteiger partial charge in [-0.15, -0.1) is 0 Å². The lowest BCUT2D eigenvalue weighted by atomic mass is 9.94. The van der Waals surface area contributed by atoms with Gasteiger partial charge in [-0.2, -0.15) is 0 Å². The SMILES string of the molecule is COc1cc(CC2COCCC2Br)cc([N+](=O)[O-])c1. The van der Waals surface area contributed by atoms with E-state index in [0.717, 1.165) is 25.0 Å². The van der Waals surface area contributed by atoms with Crippen molar-refractivity contribution in [1.29, 1.82) is 0 Å². The van der Waals surface area contributed by atoms with Crippen molar-refractivity contribution < 1.29 is 14.4 Å². The van der Waals surface area contributed by atoms with Gasteiger partial charge in [-0.05, 0) is 30.4 Å². The molecule has 1 aromatic rings. The van der Waals surface area contributed by atoms with Gasteiger partial charge in [-0.3, -0.25) is 10.1 Å². The Hall–Kier alpha value is -1.14. The maximum Gasteiger partial charge on any atom is 0.273 e. The molecule has 0 spiro atoms. The van der Waals surface area contributed by atoms with Crippen LogP contribution in [-0.2, 0) is 11.2 Å². The van der Waals surface area contributed by atoms with E-state index in [9.17, 15) is 10.1 Å². The Labute approximate surface area is 120 Å². The van der Waals surface area contributed by atoms with Gasteiger partial charge in [-0.1, -0.05) is 15.9 Å². The maximum atomic E-state index is 10.9. The molecule has 5 nitrogen and oxygen atoms in total. The first kappa shape index (κ1) is 14.3. The number of methoxy groups -OCH3 is 1. The van der Waals surface area contributed by atoms with Gasteiger partial charge in [0, 0.05) is 17.5 Å². The van der Waals surface area contributed by atoms with Crippen molar-refractivity contribution in [3.8, 4) is 5.75 Å². The van der Waals surface area contributed by atoms with Crippen molar-refractivity contribution in [2.24, 2.45) is 5.92 Å². The summed E-state index contributed by atoms with van der Waals surface area (Å²) in [6.07, 6.45) is 1.71. The molecule has 1 aliphatic heterocycles. The third-order valence-electron chi connectivity index (χ3n) is 3.28. The molecule has 0 saturated carbocycles. The first-order chi connectivity index (χ1) is 9.10. The van der Waals surface area contributed by atoms with Crippen molar-refractivity contribution >= 4 is 21.6 Å². The molecule has 19 heavy (non-hydrogen) atoms. The van der Waals surface area contributed by atoms with E-state index in [0.29, 0.717) is 23.1 Å². The standard InChI is InChI=1S/C13H16BrNO4/c1-18-12-6-9(5-11(7-12)15(16)17)4-10-8-19-3-2-13(10)14/h5-7,10,13H,2-4,8H2,1H3. The van der Waals surface area contributed by atoms with Crippen LogP contribution in [0.4, 0.5) is 5.69 Å². The van der Waals surface area contributed by atoms with E-state index in [1.807, 2.05) is 6.07 Å². The highest BCUT2D eigenvalue weighted by Crippen LogP contribution is 2.29. The average Bonchev–Trinajstić information content (AvgIpc) is 2.41. The highest BCUT2D eigenvalue weighted by Gasteiger charge is 2.24. The largest absolute Gasteiger partial charge is 0.496 e. The van der Waals surface area contributed by atoms with Crippen molar-refractivity contribution in [2.45, 2.75) is 17.7 Å². The van der Waals surface area contributed by atoms with Crippen molar-refractivity contribution in [3.05, 3.63) is 33.9 Å². The van der Waals surface area contributed by atoms with E-state index >= 15 is 0 Å². The molecule has 0 bridgehead atoms. The van der Waals surface area contributed by atoms with E-state index < -0.39 is 4.92 Å². The summed E-state index contributed by atoms with van der Waals surface area (Å²) >= 11 is 3.65. The Bertz CT molecular complexity index is 466. The first-order valence-electron chi connectivity index (χ1n) is 6.14. The molecule has 1 saturated heterocycles. The second-order valence-corrected chi connectivity index (χ2v) is 5.82. The van der Waals surface area contributed by atoms with E-state index in [-0.39, 0.29) is 5.69 Å². The van der Waals surface area contributed by atoms with Gasteiger partial charge in [0.05, 0.1) is 24.7 Å². The summed E-state index contributed by atoms with van der Waals surface area (Å²) in [6.45, 7) is 1.45. The summed E-state index contributed by atoms with van der Waals surface area (Å²) < 4.78 is 10.6. The first-order valence-corrected chi connectivity index (χ1v) is 7.06. The van der Waals surface area contributed by atoms with Crippen LogP contribution in [0.5, 0.6) is 5.75 Å². The van der Waals surface area contributed by atoms with Gasteiger partial charge in [0.2, 0.25) is 0 Å². The van der Waals surface area contributed by atoms with Crippen LogP contribution in [0, 0.1) is 16.0 Å². The quantitative estimate of drug-likeness (QED) is 0.484. The number of alkyl halides is 1. The normalized spacial score (nSPS) is 23.1. The van der Waals surface area contributed by atoms with Gasteiger partial charge in [0.25, 0.3) is 5.69 Å². The molecule has 2 atom stereocenters. The van der Waals surface area contributed by atoms with Gasteiger partial charge in [-0.25, -0.2) is 0 Å². The molecule has 0 aliphatic carbocycles. The number of non-ortho nitro benzene ring substituents is 1. The number of nitrogens with zero attached hydrogens (tertiary/aromatic N) is 1. The summed E-state index contributed by atoms with van der Waals surface area (Å²) in [4.78, 5) is 10.9. The predicted octanol–water partition coefficient (Wildman–Crippen LogP) is 2.95. The molecule has 1 heterocycles. The van der Waals surface area contributed by atoms with E-state index in [1.54, 1.807) is 6.07 Å². The molecule has 1 fully saturated rings. The van der Waals surface area contributed by atoms with Crippen LogP contribution in [0.3, 0.4) is 0 Å². The highest BCUT2D eigenvalue weighted by atomic mass is 79.9. The van der Waals surface area contributed by atoms with Gasteiger partial charge < -0.3 is 9.47 Å². The molecule has 0 aromatic heterocycles. The number of nitro benzene ring substituents is 1. The molecule has 2 rings (SSSR count). The summed E-state index contributed by atoms with van der Waals surface area (Å²) in [5.74, 6) is 0.854. The predicted molar refractivity (Wildman–Crippen MR) is 75.0 cm³/mol. The molecule has 0 N–H and O–H groups in total. The third-order valence-corrected chi connectivity index (χ3v) is 4.48. The zero-order valence-corrected chi connectivity index (χ0v) is 12.3. The topological polar surface area (TPSA) is 61.6 Å². The van der Waals surface area contributed by atoms with Crippen molar-refractivity contribution in [3.63, 3.8) is 0 Å². The van der Waals surface area contributed by atoms with E-state index in [2.05, 4.69) is 15.9 Å². The monoisotopic (exact) mass is 329 g/mol. The summed E-state index contributed by atoms with van der Waals surface area (Å²) in [5.41, 5.74) is 0.975. The zero-order chi connectivity index (χ0) is 13.8. The minimum Gasteiger partial charge on any atom is -0.496 e. The molecule has 1 aliphatic rings. The number of hydrogen-bond acceptors (Lipinski definition) is 4. The molecule has 1 aromatic carbocycles. The summed E-state index contributed by atoms with van der Waals surface area (Å²) in [7, 11) is 1.51. The number of nitro groups is 1. The highest BCUT2D eigenvalue weighted by molar-refractivity contribution is 9.09. The number of benzene rings is 1. The van der Waals surface area contributed by atoms with Gasteiger partial charge in [0.15, 0.2) is 0 Å². The Kier molecular flexibility index (Phi) is 4.76. The van der Waals surface area contributed by atoms with Crippen molar-refractivity contribution in [2.75, 3.05) is 20.3 Å². The fourth-order valence-corrected chi connectivity index (χ4v) is 2.77. The molecule has 6 heteroatoms. The Morgan fingerprint density at radius 1 is 1.53 bits per heavy atom. The maximum absolute atomic E-state index is 10.9. The Balaban J connectivity index is 2.18. The molecule has 2 unspecified atom stereocenters. The van der Waals surface area contributed by atoms with Crippen LogP contribution in [0.15, 0.2) is 18.2 Å². The molecule has 0 amide bonds. The smallest absolute Gasteiger partial charge is 0.273 e. The minimum absolute atomic E-state index is 0.0669. The van der Waals surface area contributed by atoms with E-state index in [4.69, 9.17) is 9.47 Å². The van der Waals surface area contributed by atoms with Gasteiger partial charge >= 0.3 is 0 Å². The second-order valence-electron chi connectivity index (χ2n) is 4.64. The average molecular weight is 330 g/mol. The van der Waals surface area contributed by atoms with E-state index in [1.165, 1.54) is 13.2 Å². The Morgan fingerprint density at radius 3 is 2.95 bits per heavy atom. The minimum atomic E-state index is -0.394. The molecular weight excluding hydrogens is 314 g/mol.